The predicted octanol–water partition coefficient (Wildman–Crippen LogP) is 1.98. The van der Waals surface area contributed by atoms with Gasteiger partial charge >= 0.3 is 0 Å². The third-order valence-corrected chi connectivity index (χ3v) is 5.15. The third kappa shape index (κ3) is 3.29. The maximum Gasteiger partial charge on any atom is 0.222 e. The Morgan fingerprint density at radius 2 is 1.95 bits per heavy atom. The van der Waals surface area contributed by atoms with Gasteiger partial charge in [0.05, 0.1) is 11.6 Å². The van der Waals surface area contributed by atoms with Gasteiger partial charge in [0.15, 0.2) is 0 Å². The highest BCUT2D eigenvalue weighted by Crippen LogP contribution is 2.31. The van der Waals surface area contributed by atoms with Crippen molar-refractivity contribution in [1.82, 2.24) is 10.6 Å². The molecule has 1 amide bonds. The topological polar surface area (TPSA) is 50.4 Å². The molecule has 0 aromatic rings. The van der Waals surface area contributed by atoms with Gasteiger partial charge in [0.25, 0.3) is 0 Å². The zero-order chi connectivity index (χ0) is 13.9. The van der Waals surface area contributed by atoms with Crippen LogP contribution in [0.3, 0.4) is 0 Å². The fraction of sp³-hybridized carbons (Fsp3) is 0.933. The van der Waals surface area contributed by atoms with E-state index in [0.29, 0.717) is 6.42 Å². The molecule has 0 spiro atoms. The molecule has 1 saturated carbocycles. The predicted molar refractivity (Wildman–Crippen MR) is 76.1 cm³/mol. The maximum absolute atomic E-state index is 12.4. The normalized spacial score (nSPS) is 34.2. The van der Waals surface area contributed by atoms with E-state index in [1.165, 1.54) is 19.3 Å². The Morgan fingerprint density at radius 1 is 1.26 bits per heavy atom. The Kier molecular flexibility index (Phi) is 4.51. The summed E-state index contributed by atoms with van der Waals surface area (Å²) in [4.78, 5) is 12.4. The van der Waals surface area contributed by atoms with Gasteiger partial charge in [-0.2, -0.15) is 0 Å². The smallest absolute Gasteiger partial charge is 0.222 e. The molecule has 2 atom stereocenters. The molecular weight excluding hydrogens is 240 g/mol. The number of amides is 1. The quantitative estimate of drug-likeness (QED) is 0.820. The van der Waals surface area contributed by atoms with E-state index in [4.69, 9.17) is 4.74 Å². The molecule has 0 aromatic heterocycles. The van der Waals surface area contributed by atoms with Crippen LogP contribution in [0.1, 0.15) is 58.8 Å². The largest absolute Gasteiger partial charge is 0.376 e. The highest BCUT2D eigenvalue weighted by Gasteiger charge is 2.40. The van der Waals surface area contributed by atoms with Crippen molar-refractivity contribution in [3.63, 3.8) is 0 Å². The average molecular weight is 268 g/mol. The van der Waals surface area contributed by atoms with Gasteiger partial charge in [0, 0.05) is 18.6 Å². The molecule has 4 nitrogen and oxygen atoms in total. The molecule has 1 aliphatic heterocycles. The summed E-state index contributed by atoms with van der Waals surface area (Å²) in [6.07, 6.45) is 7.58. The van der Waals surface area contributed by atoms with E-state index in [0.717, 1.165) is 25.9 Å². The summed E-state index contributed by atoms with van der Waals surface area (Å²) in [7, 11) is 1.99. The van der Waals surface area contributed by atoms with Gasteiger partial charge in [-0.3, -0.25) is 4.79 Å². The molecule has 2 fully saturated rings. The minimum atomic E-state index is -0.194. The SMILES string of the molecule is CNC1(CC(=O)NC2(C)CCOC2C)CCCCC1. The standard InChI is InChI=1S/C15H28N2O2/c1-12-14(2,9-10-19-12)17-13(18)11-15(16-3)7-5-4-6-8-15/h12,16H,4-11H2,1-3H3,(H,17,18). The lowest BCUT2D eigenvalue weighted by Gasteiger charge is -2.38. The number of nitrogens with one attached hydrogen (secondary N) is 2. The molecule has 2 aliphatic rings. The third-order valence-electron chi connectivity index (χ3n) is 5.15. The zero-order valence-electron chi connectivity index (χ0n) is 12.6. The minimum absolute atomic E-state index is 0.0153. The highest BCUT2D eigenvalue weighted by molar-refractivity contribution is 5.78. The molecule has 1 saturated heterocycles. The van der Waals surface area contributed by atoms with E-state index in [9.17, 15) is 4.79 Å². The molecule has 0 radical (unpaired) electrons. The van der Waals surface area contributed by atoms with Gasteiger partial charge in [-0.15, -0.1) is 0 Å². The van der Waals surface area contributed by atoms with Crippen LogP contribution in [0, 0.1) is 0 Å². The summed E-state index contributed by atoms with van der Waals surface area (Å²) < 4.78 is 5.58. The second-order valence-electron chi connectivity index (χ2n) is 6.50. The first kappa shape index (κ1) is 14.8. The van der Waals surface area contributed by atoms with Crippen molar-refractivity contribution in [2.45, 2.75) is 76.0 Å². The molecule has 0 aromatic carbocycles. The van der Waals surface area contributed by atoms with Gasteiger partial charge in [-0.1, -0.05) is 19.3 Å². The number of hydrogen-bond donors (Lipinski definition) is 2. The van der Waals surface area contributed by atoms with Crippen LogP contribution in [0.25, 0.3) is 0 Å². The minimum Gasteiger partial charge on any atom is -0.376 e. The van der Waals surface area contributed by atoms with E-state index in [2.05, 4.69) is 17.6 Å². The van der Waals surface area contributed by atoms with E-state index in [1.54, 1.807) is 0 Å². The molecule has 4 heteroatoms. The van der Waals surface area contributed by atoms with Gasteiger partial charge in [-0.25, -0.2) is 0 Å². The van der Waals surface area contributed by atoms with E-state index >= 15 is 0 Å². The zero-order valence-corrected chi connectivity index (χ0v) is 12.6. The fourth-order valence-electron chi connectivity index (χ4n) is 3.41. The Labute approximate surface area is 116 Å². The molecule has 0 bridgehead atoms. The van der Waals surface area contributed by atoms with E-state index in [1.807, 2.05) is 14.0 Å². The van der Waals surface area contributed by atoms with Crippen molar-refractivity contribution in [3.05, 3.63) is 0 Å². The summed E-state index contributed by atoms with van der Waals surface area (Å²) in [5.41, 5.74) is -0.178. The lowest BCUT2D eigenvalue weighted by molar-refractivity contribution is -0.125. The average Bonchev–Trinajstić information content (AvgIpc) is 2.70. The molecule has 2 N–H and O–H groups in total. The first-order valence-electron chi connectivity index (χ1n) is 7.61. The monoisotopic (exact) mass is 268 g/mol. The number of ether oxygens (including phenoxy) is 1. The Balaban J connectivity index is 1.93. The molecule has 1 aliphatic carbocycles. The van der Waals surface area contributed by atoms with Crippen LogP contribution in [0.15, 0.2) is 0 Å². The maximum atomic E-state index is 12.4. The highest BCUT2D eigenvalue weighted by atomic mass is 16.5. The Morgan fingerprint density at radius 3 is 2.47 bits per heavy atom. The van der Waals surface area contributed by atoms with Crippen molar-refractivity contribution in [1.29, 1.82) is 0 Å². The number of rotatable bonds is 4. The van der Waals surface area contributed by atoms with Crippen LogP contribution < -0.4 is 10.6 Å². The number of carbonyl (C=O) groups is 1. The van der Waals surface area contributed by atoms with Crippen molar-refractivity contribution >= 4 is 5.91 Å². The summed E-state index contributed by atoms with van der Waals surface area (Å²) in [5, 5.41) is 6.61. The summed E-state index contributed by atoms with van der Waals surface area (Å²) in [6, 6.07) is 0. The first-order chi connectivity index (χ1) is 9.00. The van der Waals surface area contributed by atoms with Gasteiger partial charge in [0.2, 0.25) is 5.91 Å². The molecule has 110 valence electrons. The lowest BCUT2D eigenvalue weighted by Crippen LogP contribution is -2.54. The fourth-order valence-corrected chi connectivity index (χ4v) is 3.41. The van der Waals surface area contributed by atoms with Crippen molar-refractivity contribution in [3.8, 4) is 0 Å². The van der Waals surface area contributed by atoms with Gasteiger partial charge < -0.3 is 15.4 Å². The van der Waals surface area contributed by atoms with Gasteiger partial charge in [-0.05, 0) is 40.2 Å². The van der Waals surface area contributed by atoms with Crippen LogP contribution in [0.2, 0.25) is 0 Å². The van der Waals surface area contributed by atoms with Crippen LogP contribution in [-0.4, -0.2) is 36.7 Å². The van der Waals surface area contributed by atoms with E-state index in [-0.39, 0.29) is 23.1 Å². The van der Waals surface area contributed by atoms with Crippen LogP contribution in [0.5, 0.6) is 0 Å². The lowest BCUT2D eigenvalue weighted by atomic mass is 9.79. The van der Waals surface area contributed by atoms with Crippen molar-refractivity contribution in [2.75, 3.05) is 13.7 Å². The van der Waals surface area contributed by atoms with Gasteiger partial charge in [0.1, 0.15) is 0 Å². The molecule has 1 heterocycles. The van der Waals surface area contributed by atoms with Crippen molar-refractivity contribution in [2.24, 2.45) is 0 Å². The van der Waals surface area contributed by atoms with Crippen LogP contribution in [-0.2, 0) is 9.53 Å². The molecule has 2 rings (SSSR count). The van der Waals surface area contributed by atoms with Crippen LogP contribution in [0.4, 0.5) is 0 Å². The van der Waals surface area contributed by atoms with E-state index < -0.39 is 0 Å². The second kappa shape index (κ2) is 5.80. The van der Waals surface area contributed by atoms with Crippen LogP contribution >= 0.6 is 0 Å². The summed E-state index contributed by atoms with van der Waals surface area (Å²) >= 11 is 0. The molecule has 2 unspecified atom stereocenters. The first-order valence-corrected chi connectivity index (χ1v) is 7.61. The molecule has 19 heavy (non-hydrogen) atoms. The second-order valence-corrected chi connectivity index (χ2v) is 6.50. The molecular formula is C15H28N2O2. The number of hydrogen-bond acceptors (Lipinski definition) is 3. The van der Waals surface area contributed by atoms with Crippen molar-refractivity contribution < 1.29 is 9.53 Å². The Hall–Kier alpha value is -0.610. The summed E-state index contributed by atoms with van der Waals surface area (Å²) in [6.45, 7) is 4.88. The summed E-state index contributed by atoms with van der Waals surface area (Å²) in [5.74, 6) is 0.163. The Bertz CT molecular complexity index is 326. The number of carbonyl (C=O) groups excluding carboxylic acids is 1.